The molecule has 1 aromatic carbocycles. The molecule has 1 aliphatic heterocycles. The van der Waals surface area contributed by atoms with E-state index in [0.29, 0.717) is 6.54 Å². The van der Waals surface area contributed by atoms with Crippen LogP contribution in [0.25, 0.3) is 0 Å². The molecule has 0 bridgehead atoms. The van der Waals surface area contributed by atoms with Crippen LogP contribution in [-0.4, -0.2) is 50.1 Å². The maximum atomic E-state index is 11.7. The van der Waals surface area contributed by atoms with E-state index in [-0.39, 0.29) is 5.91 Å². The number of benzene rings is 1. The van der Waals surface area contributed by atoms with Crippen LogP contribution >= 0.6 is 0 Å². The molecule has 0 radical (unpaired) electrons. The largest absolute Gasteiger partial charge is 0.399 e. The monoisotopic (exact) mass is 276 g/mol. The van der Waals surface area contributed by atoms with Gasteiger partial charge in [0.15, 0.2) is 0 Å². The van der Waals surface area contributed by atoms with Gasteiger partial charge in [-0.2, -0.15) is 0 Å². The summed E-state index contributed by atoms with van der Waals surface area (Å²) in [5, 5.41) is 2.92. The molecule has 1 amide bonds. The van der Waals surface area contributed by atoms with Crippen molar-refractivity contribution in [3.8, 4) is 0 Å². The standard InChI is InChI=1S/C15H24N4O/c1-2-7-17-15(20)12-18-8-10-19(11-9-18)14-5-3-13(16)4-6-14/h3-6H,2,7-12,16H2,1H3,(H,17,20). The van der Waals surface area contributed by atoms with Crippen LogP contribution in [0.5, 0.6) is 0 Å². The number of nitrogens with one attached hydrogen (secondary N) is 1. The summed E-state index contributed by atoms with van der Waals surface area (Å²) in [5.41, 5.74) is 7.70. The number of nitrogens with zero attached hydrogens (tertiary/aromatic N) is 2. The van der Waals surface area contributed by atoms with E-state index >= 15 is 0 Å². The minimum atomic E-state index is 0.132. The molecule has 5 heteroatoms. The summed E-state index contributed by atoms with van der Waals surface area (Å²) in [7, 11) is 0. The number of anilines is 2. The van der Waals surface area contributed by atoms with Gasteiger partial charge in [-0.15, -0.1) is 0 Å². The van der Waals surface area contributed by atoms with Crippen molar-refractivity contribution in [2.45, 2.75) is 13.3 Å². The first-order valence-electron chi connectivity index (χ1n) is 7.28. The third-order valence-electron chi connectivity index (χ3n) is 3.57. The predicted molar refractivity (Wildman–Crippen MR) is 82.8 cm³/mol. The summed E-state index contributed by atoms with van der Waals surface area (Å²) in [6, 6.07) is 7.97. The normalized spacial score (nSPS) is 16.1. The maximum Gasteiger partial charge on any atom is 0.234 e. The van der Waals surface area contributed by atoms with Gasteiger partial charge in [0.2, 0.25) is 5.91 Å². The lowest BCUT2D eigenvalue weighted by Gasteiger charge is -2.35. The summed E-state index contributed by atoms with van der Waals surface area (Å²) < 4.78 is 0. The molecule has 110 valence electrons. The molecule has 0 aliphatic carbocycles. The minimum absolute atomic E-state index is 0.132. The zero-order valence-corrected chi connectivity index (χ0v) is 12.1. The summed E-state index contributed by atoms with van der Waals surface area (Å²) in [6.07, 6.45) is 0.983. The predicted octanol–water partition coefficient (Wildman–Crippen LogP) is 0.917. The zero-order chi connectivity index (χ0) is 14.4. The average Bonchev–Trinajstić information content (AvgIpc) is 2.47. The fourth-order valence-electron chi connectivity index (χ4n) is 2.37. The molecule has 1 fully saturated rings. The zero-order valence-electron chi connectivity index (χ0n) is 12.1. The smallest absolute Gasteiger partial charge is 0.234 e. The quantitative estimate of drug-likeness (QED) is 0.785. The minimum Gasteiger partial charge on any atom is -0.399 e. The Labute approximate surface area is 120 Å². The van der Waals surface area contributed by atoms with Gasteiger partial charge < -0.3 is 16.0 Å². The van der Waals surface area contributed by atoms with E-state index in [2.05, 4.69) is 34.2 Å². The highest BCUT2D eigenvalue weighted by Gasteiger charge is 2.18. The number of nitrogen functional groups attached to an aromatic ring is 1. The van der Waals surface area contributed by atoms with Gasteiger partial charge >= 0.3 is 0 Å². The molecule has 3 N–H and O–H groups in total. The highest BCUT2D eigenvalue weighted by atomic mass is 16.2. The van der Waals surface area contributed by atoms with Crippen LogP contribution in [0.2, 0.25) is 0 Å². The molecule has 0 atom stereocenters. The summed E-state index contributed by atoms with van der Waals surface area (Å²) in [5.74, 6) is 0.132. The maximum absolute atomic E-state index is 11.7. The Kier molecular flexibility index (Phi) is 5.24. The molecule has 1 saturated heterocycles. The van der Waals surface area contributed by atoms with E-state index in [0.717, 1.165) is 44.8 Å². The first-order valence-corrected chi connectivity index (χ1v) is 7.28. The molecule has 5 nitrogen and oxygen atoms in total. The van der Waals surface area contributed by atoms with Crippen molar-refractivity contribution >= 4 is 17.3 Å². The van der Waals surface area contributed by atoms with Crippen LogP contribution in [0.3, 0.4) is 0 Å². The highest BCUT2D eigenvalue weighted by Crippen LogP contribution is 2.17. The first-order chi connectivity index (χ1) is 9.69. The van der Waals surface area contributed by atoms with E-state index in [1.165, 1.54) is 5.69 Å². The molecule has 2 rings (SSSR count). The van der Waals surface area contributed by atoms with Crippen LogP contribution in [-0.2, 0) is 4.79 Å². The molecule has 0 unspecified atom stereocenters. The molecular weight excluding hydrogens is 252 g/mol. The summed E-state index contributed by atoms with van der Waals surface area (Å²) >= 11 is 0. The summed E-state index contributed by atoms with van der Waals surface area (Å²) in [4.78, 5) is 16.2. The Morgan fingerprint density at radius 3 is 2.45 bits per heavy atom. The van der Waals surface area contributed by atoms with E-state index in [1.807, 2.05) is 12.1 Å². The Hall–Kier alpha value is -1.75. The third kappa shape index (κ3) is 4.13. The van der Waals surface area contributed by atoms with Crippen molar-refractivity contribution in [2.75, 3.05) is 49.9 Å². The molecule has 0 saturated carbocycles. The number of nitrogens with two attached hydrogens (primary N) is 1. The van der Waals surface area contributed by atoms with Crippen LogP contribution in [0.4, 0.5) is 11.4 Å². The Morgan fingerprint density at radius 2 is 1.85 bits per heavy atom. The number of hydrogen-bond donors (Lipinski definition) is 2. The van der Waals surface area contributed by atoms with Gasteiger partial charge in [0.25, 0.3) is 0 Å². The van der Waals surface area contributed by atoms with E-state index < -0.39 is 0 Å². The lowest BCUT2D eigenvalue weighted by atomic mass is 10.2. The lowest BCUT2D eigenvalue weighted by Crippen LogP contribution is -2.49. The third-order valence-corrected chi connectivity index (χ3v) is 3.57. The second-order valence-electron chi connectivity index (χ2n) is 5.20. The molecule has 1 heterocycles. The second-order valence-corrected chi connectivity index (χ2v) is 5.20. The van der Waals surface area contributed by atoms with E-state index in [9.17, 15) is 4.79 Å². The van der Waals surface area contributed by atoms with Gasteiger partial charge in [-0.3, -0.25) is 9.69 Å². The molecule has 1 aliphatic rings. The van der Waals surface area contributed by atoms with Gasteiger partial charge in [-0.05, 0) is 30.7 Å². The van der Waals surface area contributed by atoms with Gasteiger partial charge in [0, 0.05) is 44.1 Å². The van der Waals surface area contributed by atoms with E-state index in [4.69, 9.17) is 5.73 Å². The second kappa shape index (κ2) is 7.14. The number of amides is 1. The van der Waals surface area contributed by atoms with Crippen LogP contribution < -0.4 is 16.0 Å². The molecule has 0 spiro atoms. The van der Waals surface area contributed by atoms with Crippen molar-refractivity contribution in [3.05, 3.63) is 24.3 Å². The Bertz CT molecular complexity index is 424. The van der Waals surface area contributed by atoms with E-state index in [1.54, 1.807) is 0 Å². The van der Waals surface area contributed by atoms with Crippen molar-refractivity contribution < 1.29 is 4.79 Å². The van der Waals surface area contributed by atoms with Crippen molar-refractivity contribution in [1.29, 1.82) is 0 Å². The highest BCUT2D eigenvalue weighted by molar-refractivity contribution is 5.78. The van der Waals surface area contributed by atoms with Crippen LogP contribution in [0, 0.1) is 0 Å². The average molecular weight is 276 g/mol. The SMILES string of the molecule is CCCNC(=O)CN1CCN(c2ccc(N)cc2)CC1. The molecule has 0 aromatic heterocycles. The molecule has 20 heavy (non-hydrogen) atoms. The van der Waals surface area contributed by atoms with Crippen molar-refractivity contribution in [2.24, 2.45) is 0 Å². The lowest BCUT2D eigenvalue weighted by molar-refractivity contribution is -0.122. The topological polar surface area (TPSA) is 61.6 Å². The number of hydrogen-bond acceptors (Lipinski definition) is 4. The van der Waals surface area contributed by atoms with Crippen LogP contribution in [0.1, 0.15) is 13.3 Å². The summed E-state index contributed by atoms with van der Waals surface area (Å²) in [6.45, 7) is 7.08. The molecular formula is C15H24N4O. The number of carbonyl (C=O) groups excluding carboxylic acids is 1. The fourth-order valence-corrected chi connectivity index (χ4v) is 2.37. The van der Waals surface area contributed by atoms with Gasteiger partial charge in [-0.1, -0.05) is 6.92 Å². The van der Waals surface area contributed by atoms with Crippen molar-refractivity contribution in [1.82, 2.24) is 10.2 Å². The number of piperazine rings is 1. The number of carbonyl (C=O) groups is 1. The van der Waals surface area contributed by atoms with Crippen molar-refractivity contribution in [3.63, 3.8) is 0 Å². The molecule has 1 aromatic rings. The number of rotatable bonds is 5. The Balaban J connectivity index is 1.77. The van der Waals surface area contributed by atoms with Gasteiger partial charge in [0.05, 0.1) is 6.54 Å². The van der Waals surface area contributed by atoms with Gasteiger partial charge in [0.1, 0.15) is 0 Å². The van der Waals surface area contributed by atoms with Crippen LogP contribution in [0.15, 0.2) is 24.3 Å². The fraction of sp³-hybridized carbons (Fsp3) is 0.533. The van der Waals surface area contributed by atoms with Gasteiger partial charge in [-0.25, -0.2) is 0 Å². The Morgan fingerprint density at radius 1 is 1.20 bits per heavy atom. The first kappa shape index (κ1) is 14.7.